The van der Waals surface area contributed by atoms with Crippen molar-refractivity contribution in [1.29, 1.82) is 5.26 Å². The average molecular weight is 828 g/mol. The molecule has 49 heavy (non-hydrogen) atoms. The minimum absolute atomic E-state index is 0.0758. The highest BCUT2D eigenvalue weighted by atomic mass is 79.9. The zero-order valence-corrected chi connectivity index (χ0v) is 30.1. The van der Waals surface area contributed by atoms with Crippen LogP contribution < -0.4 is 0 Å². The van der Waals surface area contributed by atoms with Gasteiger partial charge < -0.3 is 5.11 Å². The number of aliphatic hydroxyl groups is 1. The minimum Gasteiger partial charge on any atom is -0.384 e. The summed E-state index contributed by atoms with van der Waals surface area (Å²) in [6, 6.07) is 34.1. The van der Waals surface area contributed by atoms with Crippen molar-refractivity contribution in [2.45, 2.75) is 35.4 Å². The monoisotopic (exact) mass is 825 g/mol. The van der Waals surface area contributed by atoms with Gasteiger partial charge in [-0.25, -0.2) is 0 Å². The number of halogens is 7. The molecule has 0 radical (unpaired) electrons. The number of carbonyl (C=O) groups is 1. The third-order valence-corrected chi connectivity index (χ3v) is 11.0. The molecule has 1 saturated carbocycles. The van der Waals surface area contributed by atoms with Gasteiger partial charge in [0, 0.05) is 36.4 Å². The molecule has 0 amide bonds. The number of benzene rings is 5. The molecule has 1 aliphatic rings. The summed E-state index contributed by atoms with van der Waals surface area (Å²) in [5.41, 5.74) is -2.94. The molecule has 0 spiro atoms. The number of alkyl halides is 3. The molecule has 0 aromatic heterocycles. The van der Waals surface area contributed by atoms with Gasteiger partial charge in [-0.2, -0.15) is 18.4 Å². The molecule has 6 rings (SSSR count). The Morgan fingerprint density at radius 1 is 0.776 bits per heavy atom. The topological polar surface area (TPSA) is 61.1 Å². The summed E-state index contributed by atoms with van der Waals surface area (Å²) < 4.78 is 44.3. The first-order chi connectivity index (χ1) is 23.3. The molecular formula is C39H26Br2Cl2F3NO2. The molecule has 1 aliphatic carbocycles. The molecule has 0 unspecified atom stereocenters. The number of hydrogen-bond donors (Lipinski definition) is 1. The summed E-state index contributed by atoms with van der Waals surface area (Å²) in [7, 11) is 0. The van der Waals surface area contributed by atoms with Crippen molar-refractivity contribution in [3.8, 4) is 6.07 Å². The third kappa shape index (κ3) is 6.60. The molecule has 1 fully saturated rings. The van der Waals surface area contributed by atoms with Crippen molar-refractivity contribution in [2.24, 2.45) is 5.92 Å². The van der Waals surface area contributed by atoms with E-state index in [1.54, 1.807) is 97.1 Å². The lowest BCUT2D eigenvalue weighted by molar-refractivity contribution is -0.137. The van der Waals surface area contributed by atoms with Crippen LogP contribution in [0.15, 0.2) is 130 Å². The SMILES string of the molecule is N#C[C@]1(c2cccc(C(F)(F)F)c2)[C@H](c2cccc(Br)c2)C[C@](O)(c2ccc(Cl)cc2)[C@@H](C(=O)c2ccc(Cl)cc2)[C@@H]1c1cccc(Br)c1. The second-order valence-electron chi connectivity index (χ2n) is 12.2. The van der Waals surface area contributed by atoms with E-state index in [1.807, 2.05) is 0 Å². The van der Waals surface area contributed by atoms with Crippen LogP contribution in [0.4, 0.5) is 13.2 Å². The van der Waals surface area contributed by atoms with Gasteiger partial charge in [-0.3, -0.25) is 4.79 Å². The van der Waals surface area contributed by atoms with Gasteiger partial charge in [0.05, 0.1) is 23.0 Å². The zero-order valence-electron chi connectivity index (χ0n) is 25.4. The number of ketones is 1. The molecule has 0 heterocycles. The smallest absolute Gasteiger partial charge is 0.384 e. The number of Topliss-reactive ketones (excluding diaryl/α,β-unsaturated/α-hetero) is 1. The molecule has 1 N–H and O–H groups in total. The van der Waals surface area contributed by atoms with Crippen LogP contribution in [0.2, 0.25) is 10.0 Å². The van der Waals surface area contributed by atoms with E-state index in [0.717, 1.165) is 12.1 Å². The Hall–Kier alpha value is -3.45. The van der Waals surface area contributed by atoms with E-state index in [1.165, 1.54) is 12.1 Å². The summed E-state index contributed by atoms with van der Waals surface area (Å²) in [5, 5.41) is 25.6. The number of rotatable bonds is 6. The predicted molar refractivity (Wildman–Crippen MR) is 192 cm³/mol. The van der Waals surface area contributed by atoms with Crippen LogP contribution in [0.5, 0.6) is 0 Å². The molecule has 0 aliphatic heterocycles. The van der Waals surface area contributed by atoms with Gasteiger partial charge in [0.15, 0.2) is 5.78 Å². The molecule has 5 aromatic rings. The van der Waals surface area contributed by atoms with E-state index in [-0.39, 0.29) is 17.5 Å². The second kappa shape index (κ2) is 13.7. The number of nitrogens with zero attached hydrogens (tertiary/aromatic N) is 1. The zero-order chi connectivity index (χ0) is 35.1. The lowest BCUT2D eigenvalue weighted by Gasteiger charge is -2.56. The summed E-state index contributed by atoms with van der Waals surface area (Å²) >= 11 is 19.5. The normalized spacial score (nSPS) is 23.9. The lowest BCUT2D eigenvalue weighted by atomic mass is 9.46. The Bertz CT molecular complexity index is 2070. The Labute approximate surface area is 308 Å². The van der Waals surface area contributed by atoms with Crippen LogP contribution in [-0.2, 0) is 17.2 Å². The van der Waals surface area contributed by atoms with Crippen LogP contribution in [0.1, 0.15) is 56.4 Å². The van der Waals surface area contributed by atoms with Crippen molar-refractivity contribution in [2.75, 3.05) is 0 Å². The number of carbonyl (C=O) groups excluding carboxylic acids is 1. The van der Waals surface area contributed by atoms with Crippen molar-refractivity contribution in [1.82, 2.24) is 0 Å². The fourth-order valence-electron chi connectivity index (χ4n) is 7.36. The molecule has 10 heteroatoms. The van der Waals surface area contributed by atoms with Crippen LogP contribution in [0.3, 0.4) is 0 Å². The standard InChI is InChI=1S/C39H26Br2Cl2F3NO2/c40-29-8-1-4-24(18-29)33-21-38(49,26-12-16-32(43)17-13-26)35(36(48)23-10-14-31(42)15-11-23)34(25-5-2-9-30(41)19-25)37(33,22-47)27-6-3-7-28(20-27)39(44,45)46/h1-20,33-35,49H,21H2/t33-,34-,35+,37-,38-/m0/s1. The quantitative estimate of drug-likeness (QED) is 0.173. The van der Waals surface area contributed by atoms with Crippen LogP contribution in [0, 0.1) is 17.2 Å². The molecule has 0 bridgehead atoms. The first-order valence-electron chi connectivity index (χ1n) is 15.2. The largest absolute Gasteiger partial charge is 0.416 e. The Morgan fingerprint density at radius 3 is 1.90 bits per heavy atom. The van der Waals surface area contributed by atoms with E-state index in [4.69, 9.17) is 23.2 Å². The van der Waals surface area contributed by atoms with E-state index < -0.39 is 46.3 Å². The van der Waals surface area contributed by atoms with Crippen LogP contribution in [-0.4, -0.2) is 10.9 Å². The highest BCUT2D eigenvalue weighted by molar-refractivity contribution is 9.10. The van der Waals surface area contributed by atoms with E-state index in [9.17, 15) is 23.5 Å². The Morgan fingerprint density at radius 2 is 1.33 bits per heavy atom. The number of nitriles is 1. The van der Waals surface area contributed by atoms with E-state index in [0.29, 0.717) is 35.7 Å². The van der Waals surface area contributed by atoms with Crippen molar-refractivity contribution in [3.63, 3.8) is 0 Å². The second-order valence-corrected chi connectivity index (χ2v) is 14.9. The average Bonchev–Trinajstić information content (AvgIpc) is 3.08. The van der Waals surface area contributed by atoms with Crippen molar-refractivity contribution < 1.29 is 23.1 Å². The van der Waals surface area contributed by atoms with Gasteiger partial charge in [0.1, 0.15) is 5.60 Å². The maximum absolute atomic E-state index is 15.1. The summed E-state index contributed by atoms with van der Waals surface area (Å²) in [5.74, 6) is -3.97. The highest BCUT2D eigenvalue weighted by Crippen LogP contribution is 2.64. The third-order valence-electron chi connectivity index (χ3n) is 9.47. The molecule has 5 atom stereocenters. The minimum atomic E-state index is -4.71. The van der Waals surface area contributed by atoms with Crippen molar-refractivity contribution in [3.05, 3.63) is 174 Å². The lowest BCUT2D eigenvalue weighted by Crippen LogP contribution is -2.58. The molecule has 0 saturated heterocycles. The highest BCUT2D eigenvalue weighted by Gasteiger charge is 2.64. The molecular weight excluding hydrogens is 802 g/mol. The maximum atomic E-state index is 15.1. The van der Waals surface area contributed by atoms with E-state index in [2.05, 4.69) is 37.9 Å². The molecule has 5 aromatic carbocycles. The Kier molecular flexibility index (Phi) is 9.89. The maximum Gasteiger partial charge on any atom is 0.416 e. The van der Waals surface area contributed by atoms with Crippen LogP contribution >= 0.6 is 55.1 Å². The summed E-state index contributed by atoms with van der Waals surface area (Å²) in [6.45, 7) is 0. The Balaban J connectivity index is 1.77. The van der Waals surface area contributed by atoms with Gasteiger partial charge in [0.25, 0.3) is 0 Å². The molecule has 3 nitrogen and oxygen atoms in total. The fraction of sp³-hybridized carbons (Fsp3) is 0.179. The first-order valence-corrected chi connectivity index (χ1v) is 17.5. The van der Waals surface area contributed by atoms with Gasteiger partial charge in [-0.05, 0) is 95.4 Å². The van der Waals surface area contributed by atoms with Gasteiger partial charge in [-0.15, -0.1) is 0 Å². The summed E-state index contributed by atoms with van der Waals surface area (Å²) in [6.07, 6.45) is -4.90. The van der Waals surface area contributed by atoms with Crippen LogP contribution in [0.25, 0.3) is 0 Å². The van der Waals surface area contributed by atoms with Gasteiger partial charge in [-0.1, -0.05) is 110 Å². The number of hydrogen-bond acceptors (Lipinski definition) is 3. The first kappa shape index (κ1) is 35.4. The fourth-order valence-corrected chi connectivity index (χ4v) is 8.44. The van der Waals surface area contributed by atoms with Gasteiger partial charge >= 0.3 is 6.18 Å². The molecule has 248 valence electrons. The predicted octanol–water partition coefficient (Wildman–Crippen LogP) is 11.7. The summed E-state index contributed by atoms with van der Waals surface area (Å²) in [4.78, 5) is 15.1. The van der Waals surface area contributed by atoms with E-state index >= 15 is 4.79 Å². The van der Waals surface area contributed by atoms with Crippen molar-refractivity contribution >= 4 is 60.8 Å². The van der Waals surface area contributed by atoms with Gasteiger partial charge in [0.2, 0.25) is 0 Å².